The topological polar surface area (TPSA) is 95.4 Å². The Balaban J connectivity index is 1.13. The standard InChI is InChI=1S/C32H31F4N7O2/c1-20-7-9-22(10-8-20)43-28(19-26(40-43)31(13-14-31)32(34,35)36)39-30(45)38-25-11-12-27(37-21(25)2)41-15-17-42(18-16-41)29(44)23-5-3-4-6-24(23)33/h3-12,19H,13-18H2,1-2H3,(H2,38,39,45). The van der Waals surface area contributed by atoms with Crippen LogP contribution in [0.3, 0.4) is 0 Å². The van der Waals surface area contributed by atoms with Crippen molar-refractivity contribution in [3.8, 4) is 5.69 Å². The van der Waals surface area contributed by atoms with Gasteiger partial charge in [0.25, 0.3) is 5.91 Å². The van der Waals surface area contributed by atoms with E-state index in [9.17, 15) is 27.2 Å². The molecule has 2 N–H and O–H groups in total. The zero-order valence-corrected chi connectivity index (χ0v) is 24.7. The van der Waals surface area contributed by atoms with Gasteiger partial charge in [-0.3, -0.25) is 10.1 Å². The number of carbonyl (C=O) groups is 2. The second kappa shape index (κ2) is 11.5. The molecule has 45 heavy (non-hydrogen) atoms. The Labute approximate surface area is 256 Å². The van der Waals surface area contributed by atoms with E-state index in [4.69, 9.17) is 0 Å². The summed E-state index contributed by atoms with van der Waals surface area (Å²) in [6.45, 7) is 5.39. The SMILES string of the molecule is Cc1ccc(-n2nc(C3(C(F)(F)F)CC3)cc2NC(=O)Nc2ccc(N3CCN(C(=O)c4ccccc4F)CC3)nc2C)cc1. The molecule has 0 unspecified atom stereocenters. The van der Waals surface area contributed by atoms with Crippen molar-refractivity contribution < 1.29 is 27.2 Å². The number of rotatable bonds is 6. The van der Waals surface area contributed by atoms with Gasteiger partial charge in [0, 0.05) is 32.2 Å². The lowest BCUT2D eigenvalue weighted by atomic mass is 10.0. The number of aromatic nitrogens is 3. The van der Waals surface area contributed by atoms with E-state index in [1.165, 1.54) is 28.9 Å². The number of piperazine rings is 1. The maximum atomic E-state index is 14.1. The van der Waals surface area contributed by atoms with Gasteiger partial charge in [0.15, 0.2) is 0 Å². The lowest BCUT2D eigenvalue weighted by Gasteiger charge is -2.35. The highest BCUT2D eigenvalue weighted by atomic mass is 19.4. The van der Waals surface area contributed by atoms with Gasteiger partial charge in [-0.2, -0.15) is 18.3 Å². The molecule has 234 valence electrons. The quantitative estimate of drug-likeness (QED) is 0.249. The number of halogens is 4. The number of alkyl halides is 3. The number of anilines is 3. The van der Waals surface area contributed by atoms with E-state index >= 15 is 0 Å². The predicted molar refractivity (Wildman–Crippen MR) is 161 cm³/mol. The van der Waals surface area contributed by atoms with Crippen LogP contribution >= 0.6 is 0 Å². The van der Waals surface area contributed by atoms with Gasteiger partial charge in [0.1, 0.15) is 22.9 Å². The summed E-state index contributed by atoms with van der Waals surface area (Å²) in [6.07, 6.45) is -4.56. The maximum absolute atomic E-state index is 14.1. The minimum absolute atomic E-state index is 0.0409. The average Bonchev–Trinajstić information content (AvgIpc) is 3.74. The van der Waals surface area contributed by atoms with Crippen molar-refractivity contribution in [3.63, 3.8) is 0 Å². The number of nitrogens with one attached hydrogen (secondary N) is 2. The highest BCUT2D eigenvalue weighted by Crippen LogP contribution is 2.58. The molecular formula is C32H31F4N7O2. The van der Waals surface area contributed by atoms with E-state index in [1.54, 1.807) is 42.2 Å². The number of hydrogen-bond acceptors (Lipinski definition) is 5. The van der Waals surface area contributed by atoms with E-state index in [0.29, 0.717) is 49.1 Å². The molecule has 0 spiro atoms. The van der Waals surface area contributed by atoms with Crippen LogP contribution in [-0.4, -0.2) is 64.0 Å². The van der Waals surface area contributed by atoms with Crippen molar-refractivity contribution in [2.75, 3.05) is 41.7 Å². The summed E-state index contributed by atoms with van der Waals surface area (Å²) in [4.78, 5) is 34.1. The summed E-state index contributed by atoms with van der Waals surface area (Å²) in [7, 11) is 0. The zero-order chi connectivity index (χ0) is 31.9. The third kappa shape index (κ3) is 5.94. The first-order valence-corrected chi connectivity index (χ1v) is 14.5. The Morgan fingerprint density at radius 1 is 0.889 bits per heavy atom. The van der Waals surface area contributed by atoms with Gasteiger partial charge in [0.05, 0.1) is 28.3 Å². The zero-order valence-electron chi connectivity index (χ0n) is 24.7. The molecule has 2 aliphatic rings. The van der Waals surface area contributed by atoms with Crippen LogP contribution in [-0.2, 0) is 5.41 Å². The van der Waals surface area contributed by atoms with Crippen LogP contribution < -0.4 is 15.5 Å². The summed E-state index contributed by atoms with van der Waals surface area (Å²) in [6, 6.07) is 17.0. The van der Waals surface area contributed by atoms with Crippen molar-refractivity contribution in [1.29, 1.82) is 0 Å². The van der Waals surface area contributed by atoms with Crippen LogP contribution in [0.15, 0.2) is 66.7 Å². The molecule has 0 atom stereocenters. The fourth-order valence-corrected chi connectivity index (χ4v) is 5.47. The maximum Gasteiger partial charge on any atom is 0.400 e. The lowest BCUT2D eigenvalue weighted by Crippen LogP contribution is -2.49. The molecule has 2 aromatic heterocycles. The van der Waals surface area contributed by atoms with E-state index in [0.717, 1.165) is 5.56 Å². The molecule has 3 heterocycles. The van der Waals surface area contributed by atoms with Crippen molar-refractivity contribution in [1.82, 2.24) is 19.7 Å². The molecule has 1 saturated carbocycles. The summed E-state index contributed by atoms with van der Waals surface area (Å²) >= 11 is 0. The van der Waals surface area contributed by atoms with E-state index < -0.39 is 23.4 Å². The fourth-order valence-electron chi connectivity index (χ4n) is 5.47. The number of urea groups is 1. The van der Waals surface area contributed by atoms with Crippen LogP contribution in [0, 0.1) is 19.7 Å². The van der Waals surface area contributed by atoms with E-state index in [1.807, 2.05) is 24.0 Å². The number of benzene rings is 2. The van der Waals surface area contributed by atoms with Crippen LogP contribution in [0.25, 0.3) is 5.69 Å². The van der Waals surface area contributed by atoms with E-state index in [2.05, 4.69) is 20.7 Å². The summed E-state index contributed by atoms with van der Waals surface area (Å²) < 4.78 is 57.1. The molecule has 4 aromatic rings. The van der Waals surface area contributed by atoms with Crippen LogP contribution in [0.5, 0.6) is 0 Å². The molecule has 2 aromatic carbocycles. The van der Waals surface area contributed by atoms with Gasteiger partial charge in [-0.15, -0.1) is 0 Å². The van der Waals surface area contributed by atoms with Crippen molar-refractivity contribution in [2.45, 2.75) is 38.3 Å². The molecule has 0 bridgehead atoms. The summed E-state index contributed by atoms with van der Waals surface area (Å²) in [5.41, 5.74) is 0.315. The number of amides is 3. The monoisotopic (exact) mass is 621 g/mol. The van der Waals surface area contributed by atoms with Gasteiger partial charge >= 0.3 is 12.2 Å². The third-order valence-corrected chi connectivity index (χ3v) is 8.33. The number of hydrogen-bond donors (Lipinski definition) is 2. The smallest absolute Gasteiger partial charge is 0.353 e. The summed E-state index contributed by atoms with van der Waals surface area (Å²) in [5.74, 6) is -0.154. The van der Waals surface area contributed by atoms with Crippen LogP contribution in [0.2, 0.25) is 0 Å². The molecule has 3 amide bonds. The molecule has 1 saturated heterocycles. The minimum Gasteiger partial charge on any atom is -0.353 e. The molecule has 9 nitrogen and oxygen atoms in total. The molecule has 13 heteroatoms. The van der Waals surface area contributed by atoms with Crippen molar-refractivity contribution in [3.05, 3.63) is 95.1 Å². The average molecular weight is 622 g/mol. The third-order valence-electron chi connectivity index (χ3n) is 8.33. The first kappa shape index (κ1) is 30.1. The van der Waals surface area contributed by atoms with Gasteiger partial charge in [-0.05, 0) is 63.1 Å². The number of pyridine rings is 1. The number of nitrogens with zero attached hydrogens (tertiary/aromatic N) is 5. The largest absolute Gasteiger partial charge is 0.400 e. The molecular weight excluding hydrogens is 590 g/mol. The Morgan fingerprint density at radius 2 is 1.58 bits per heavy atom. The highest BCUT2D eigenvalue weighted by Gasteiger charge is 2.66. The predicted octanol–water partition coefficient (Wildman–Crippen LogP) is 6.22. The fraction of sp³-hybridized carbons (Fsp3) is 0.312. The normalized spacial score (nSPS) is 16.0. The Bertz CT molecular complexity index is 1740. The lowest BCUT2D eigenvalue weighted by molar-refractivity contribution is -0.161. The number of carbonyl (C=O) groups excluding carboxylic acids is 2. The Hall–Kier alpha value is -4.94. The van der Waals surface area contributed by atoms with Gasteiger partial charge in [0.2, 0.25) is 0 Å². The van der Waals surface area contributed by atoms with Crippen molar-refractivity contribution in [2.24, 2.45) is 0 Å². The van der Waals surface area contributed by atoms with Crippen molar-refractivity contribution >= 4 is 29.3 Å². The van der Waals surface area contributed by atoms with Gasteiger partial charge in [-0.25, -0.2) is 18.9 Å². The van der Waals surface area contributed by atoms with Crippen LogP contribution in [0.1, 0.15) is 40.2 Å². The van der Waals surface area contributed by atoms with Gasteiger partial charge < -0.3 is 15.1 Å². The first-order valence-electron chi connectivity index (χ1n) is 14.5. The molecule has 1 aliphatic carbocycles. The molecule has 6 rings (SSSR count). The first-order chi connectivity index (χ1) is 21.4. The summed E-state index contributed by atoms with van der Waals surface area (Å²) in [5, 5.41) is 9.68. The van der Waals surface area contributed by atoms with Crippen LogP contribution in [0.4, 0.5) is 39.7 Å². The number of aryl methyl sites for hydroxylation is 2. The Morgan fingerprint density at radius 3 is 2.20 bits per heavy atom. The second-order valence-corrected chi connectivity index (χ2v) is 11.4. The molecule has 2 fully saturated rings. The Kier molecular flexibility index (Phi) is 7.71. The van der Waals surface area contributed by atoms with Gasteiger partial charge in [-0.1, -0.05) is 29.8 Å². The molecule has 0 radical (unpaired) electrons. The second-order valence-electron chi connectivity index (χ2n) is 11.4. The minimum atomic E-state index is -4.45. The molecule has 1 aliphatic heterocycles. The van der Waals surface area contributed by atoms with E-state index in [-0.39, 0.29) is 35.8 Å². The highest BCUT2D eigenvalue weighted by molar-refractivity contribution is 6.00.